The molecule has 88 valence electrons. The zero-order valence-corrected chi connectivity index (χ0v) is 11.3. The van der Waals surface area contributed by atoms with Crippen LogP contribution in [-0.4, -0.2) is 5.11 Å². The van der Waals surface area contributed by atoms with E-state index in [1.165, 1.54) is 0 Å². The molecule has 2 heteroatoms. The molecule has 0 saturated heterocycles. The van der Waals surface area contributed by atoms with Crippen LogP contribution in [0.15, 0.2) is 53.0 Å². The van der Waals surface area contributed by atoms with Crippen molar-refractivity contribution in [3.05, 3.63) is 69.7 Å². The highest BCUT2D eigenvalue weighted by atomic mass is 79.9. The smallest absolute Gasteiger partial charge is 0.0833 e. The van der Waals surface area contributed by atoms with Crippen molar-refractivity contribution >= 4 is 15.9 Å². The number of hydrogen-bond acceptors (Lipinski definition) is 1. The molecule has 2 rings (SSSR count). The van der Waals surface area contributed by atoms with Gasteiger partial charge < -0.3 is 5.11 Å². The molecule has 0 aromatic heterocycles. The van der Waals surface area contributed by atoms with Crippen molar-refractivity contribution in [1.82, 2.24) is 0 Å². The van der Waals surface area contributed by atoms with Gasteiger partial charge in [0, 0.05) is 10.9 Å². The summed E-state index contributed by atoms with van der Waals surface area (Å²) >= 11 is 3.49. The van der Waals surface area contributed by atoms with Crippen LogP contribution in [0, 0.1) is 6.92 Å². The Kier molecular flexibility index (Phi) is 3.97. The molecule has 0 heterocycles. The Morgan fingerprint density at radius 1 is 1.06 bits per heavy atom. The summed E-state index contributed by atoms with van der Waals surface area (Å²) in [6, 6.07) is 16.0. The molecule has 0 radical (unpaired) electrons. The monoisotopic (exact) mass is 290 g/mol. The molecule has 1 N–H and O–H groups in total. The standard InChI is InChI=1S/C15H15BrO/c1-11-13(8-5-9-14(11)16)15(17)10-12-6-3-2-4-7-12/h2-9,15,17H,10H2,1H3. The van der Waals surface area contributed by atoms with Crippen LogP contribution in [0.25, 0.3) is 0 Å². The largest absolute Gasteiger partial charge is 0.388 e. The highest BCUT2D eigenvalue weighted by molar-refractivity contribution is 9.10. The van der Waals surface area contributed by atoms with E-state index in [9.17, 15) is 5.11 Å². The van der Waals surface area contributed by atoms with Crippen molar-refractivity contribution in [2.45, 2.75) is 19.4 Å². The van der Waals surface area contributed by atoms with Crippen molar-refractivity contribution in [3.63, 3.8) is 0 Å². The average Bonchev–Trinajstić information content (AvgIpc) is 2.34. The van der Waals surface area contributed by atoms with E-state index in [1.54, 1.807) is 0 Å². The van der Waals surface area contributed by atoms with Gasteiger partial charge in [0.15, 0.2) is 0 Å². The molecule has 17 heavy (non-hydrogen) atoms. The van der Waals surface area contributed by atoms with Gasteiger partial charge in [0.05, 0.1) is 6.10 Å². The number of rotatable bonds is 3. The van der Waals surface area contributed by atoms with Crippen molar-refractivity contribution in [3.8, 4) is 0 Å². The molecule has 2 aromatic carbocycles. The van der Waals surface area contributed by atoms with E-state index in [4.69, 9.17) is 0 Å². The molecular formula is C15H15BrO. The molecule has 0 saturated carbocycles. The SMILES string of the molecule is Cc1c(Br)cccc1C(O)Cc1ccccc1. The highest BCUT2D eigenvalue weighted by Crippen LogP contribution is 2.26. The van der Waals surface area contributed by atoms with Crippen LogP contribution in [0.5, 0.6) is 0 Å². The van der Waals surface area contributed by atoms with Crippen molar-refractivity contribution < 1.29 is 5.11 Å². The third-order valence-electron chi connectivity index (χ3n) is 2.94. The lowest BCUT2D eigenvalue weighted by atomic mass is 9.98. The fourth-order valence-corrected chi connectivity index (χ4v) is 2.31. The number of aliphatic hydroxyl groups is 1. The second-order valence-corrected chi connectivity index (χ2v) is 5.01. The van der Waals surface area contributed by atoms with Gasteiger partial charge in [0.25, 0.3) is 0 Å². The van der Waals surface area contributed by atoms with Crippen LogP contribution in [0.3, 0.4) is 0 Å². The Hall–Kier alpha value is -1.12. The third kappa shape index (κ3) is 2.96. The fourth-order valence-electron chi connectivity index (χ4n) is 1.93. The van der Waals surface area contributed by atoms with Crippen LogP contribution in [0.2, 0.25) is 0 Å². The third-order valence-corrected chi connectivity index (χ3v) is 3.80. The minimum Gasteiger partial charge on any atom is -0.388 e. The Balaban J connectivity index is 2.20. The molecule has 0 fully saturated rings. The zero-order chi connectivity index (χ0) is 12.3. The maximum absolute atomic E-state index is 10.3. The summed E-state index contributed by atoms with van der Waals surface area (Å²) in [5.41, 5.74) is 3.25. The first-order valence-electron chi connectivity index (χ1n) is 5.65. The molecule has 1 atom stereocenters. The summed E-state index contributed by atoms with van der Waals surface area (Å²) in [4.78, 5) is 0. The Bertz CT molecular complexity index is 494. The van der Waals surface area contributed by atoms with Crippen LogP contribution >= 0.6 is 15.9 Å². The van der Waals surface area contributed by atoms with Gasteiger partial charge >= 0.3 is 0 Å². The lowest BCUT2D eigenvalue weighted by Gasteiger charge is -2.14. The van der Waals surface area contributed by atoms with E-state index in [0.717, 1.165) is 21.2 Å². The minimum absolute atomic E-state index is 0.449. The van der Waals surface area contributed by atoms with Crippen LogP contribution in [0.4, 0.5) is 0 Å². The summed E-state index contributed by atoms with van der Waals surface area (Å²) in [6.07, 6.45) is 0.202. The molecule has 2 aromatic rings. The van der Waals surface area contributed by atoms with Crippen molar-refractivity contribution in [2.24, 2.45) is 0 Å². The summed E-state index contributed by atoms with van der Waals surface area (Å²) in [5.74, 6) is 0. The van der Waals surface area contributed by atoms with Gasteiger partial charge in [0.2, 0.25) is 0 Å². The minimum atomic E-state index is -0.449. The molecule has 0 aliphatic heterocycles. The van der Waals surface area contributed by atoms with E-state index in [0.29, 0.717) is 6.42 Å². The predicted octanol–water partition coefficient (Wildman–Crippen LogP) is 4.03. The number of hydrogen-bond donors (Lipinski definition) is 1. The van der Waals surface area contributed by atoms with E-state index in [-0.39, 0.29) is 0 Å². The second kappa shape index (κ2) is 5.48. The van der Waals surface area contributed by atoms with E-state index in [2.05, 4.69) is 15.9 Å². The van der Waals surface area contributed by atoms with Crippen LogP contribution in [-0.2, 0) is 6.42 Å². The second-order valence-electron chi connectivity index (χ2n) is 4.16. The van der Waals surface area contributed by atoms with Gasteiger partial charge in [0.1, 0.15) is 0 Å². The maximum Gasteiger partial charge on any atom is 0.0833 e. The lowest BCUT2D eigenvalue weighted by Crippen LogP contribution is -2.04. The average molecular weight is 291 g/mol. The Morgan fingerprint density at radius 3 is 2.47 bits per heavy atom. The van der Waals surface area contributed by atoms with Gasteiger partial charge in [-0.3, -0.25) is 0 Å². The van der Waals surface area contributed by atoms with E-state index in [1.807, 2.05) is 55.5 Å². The van der Waals surface area contributed by atoms with Gasteiger partial charge in [-0.25, -0.2) is 0 Å². The molecule has 0 aliphatic rings. The van der Waals surface area contributed by atoms with Gasteiger partial charge in [-0.05, 0) is 29.7 Å². The van der Waals surface area contributed by atoms with Gasteiger partial charge in [-0.1, -0.05) is 58.4 Å². The molecule has 0 amide bonds. The predicted molar refractivity (Wildman–Crippen MR) is 74.0 cm³/mol. The number of halogens is 1. The van der Waals surface area contributed by atoms with Crippen LogP contribution in [0.1, 0.15) is 22.8 Å². The maximum atomic E-state index is 10.3. The summed E-state index contributed by atoms with van der Waals surface area (Å²) in [6.45, 7) is 2.02. The Labute approximate surface area is 110 Å². The molecule has 0 bridgehead atoms. The first kappa shape index (κ1) is 12.3. The number of benzene rings is 2. The van der Waals surface area contributed by atoms with Gasteiger partial charge in [-0.2, -0.15) is 0 Å². The van der Waals surface area contributed by atoms with Crippen molar-refractivity contribution in [2.75, 3.05) is 0 Å². The first-order valence-corrected chi connectivity index (χ1v) is 6.45. The first-order chi connectivity index (χ1) is 8.18. The Morgan fingerprint density at radius 2 is 1.76 bits per heavy atom. The molecular weight excluding hydrogens is 276 g/mol. The molecule has 0 aliphatic carbocycles. The van der Waals surface area contributed by atoms with E-state index < -0.39 is 6.10 Å². The lowest BCUT2D eigenvalue weighted by molar-refractivity contribution is 0.177. The van der Waals surface area contributed by atoms with Crippen LogP contribution < -0.4 is 0 Å². The summed E-state index contributed by atoms with van der Waals surface area (Å²) < 4.78 is 1.04. The van der Waals surface area contributed by atoms with E-state index >= 15 is 0 Å². The fraction of sp³-hybridized carbons (Fsp3) is 0.200. The van der Waals surface area contributed by atoms with Crippen molar-refractivity contribution in [1.29, 1.82) is 0 Å². The zero-order valence-electron chi connectivity index (χ0n) is 9.73. The molecule has 1 unspecified atom stereocenters. The van der Waals surface area contributed by atoms with Gasteiger partial charge in [-0.15, -0.1) is 0 Å². The summed E-state index contributed by atoms with van der Waals surface area (Å²) in [7, 11) is 0. The highest BCUT2D eigenvalue weighted by Gasteiger charge is 2.12. The molecule has 0 spiro atoms. The molecule has 1 nitrogen and oxygen atoms in total. The quantitative estimate of drug-likeness (QED) is 0.905. The normalized spacial score (nSPS) is 12.4. The number of aliphatic hydroxyl groups excluding tert-OH is 1. The summed E-state index contributed by atoms with van der Waals surface area (Å²) in [5, 5.41) is 10.3. The topological polar surface area (TPSA) is 20.2 Å².